The second-order valence-corrected chi connectivity index (χ2v) is 7.24. The van der Waals surface area contributed by atoms with Gasteiger partial charge in [0, 0.05) is 15.2 Å². The van der Waals surface area contributed by atoms with E-state index in [0.29, 0.717) is 21.1 Å². The summed E-state index contributed by atoms with van der Waals surface area (Å²) in [5.74, 6) is -0.796. The summed E-state index contributed by atoms with van der Waals surface area (Å²) in [5.41, 5.74) is 3.92. The highest BCUT2D eigenvalue weighted by Gasteiger charge is 2.22. The number of hydrogen-bond acceptors (Lipinski definition) is 5. The van der Waals surface area contributed by atoms with Crippen molar-refractivity contribution in [3.63, 3.8) is 0 Å². The van der Waals surface area contributed by atoms with E-state index < -0.39 is 5.91 Å². The third-order valence-electron chi connectivity index (χ3n) is 3.40. The molecule has 8 heteroatoms. The van der Waals surface area contributed by atoms with Crippen molar-refractivity contribution >= 4 is 60.7 Å². The predicted octanol–water partition coefficient (Wildman–Crippen LogP) is 4.38. The number of amides is 1. The van der Waals surface area contributed by atoms with Gasteiger partial charge in [-0.2, -0.15) is 0 Å². The molecule has 5 nitrogen and oxygen atoms in total. The Morgan fingerprint density at radius 3 is 2.88 bits per heavy atom. The van der Waals surface area contributed by atoms with Gasteiger partial charge in [0.25, 0.3) is 5.91 Å². The summed E-state index contributed by atoms with van der Waals surface area (Å²) in [5, 5.41) is 4.25. The van der Waals surface area contributed by atoms with Crippen LogP contribution in [0.15, 0.2) is 30.5 Å². The minimum atomic E-state index is -0.409. The molecule has 0 spiro atoms. The molecule has 2 N–H and O–H groups in total. The molecule has 24 heavy (non-hydrogen) atoms. The van der Waals surface area contributed by atoms with Crippen LogP contribution in [0, 0.1) is 16.3 Å². The first-order valence-corrected chi connectivity index (χ1v) is 8.84. The van der Waals surface area contributed by atoms with Crippen molar-refractivity contribution in [3.8, 4) is 0 Å². The lowest BCUT2D eigenvalue weighted by atomic mass is 10.1. The van der Waals surface area contributed by atoms with Crippen molar-refractivity contribution in [1.82, 2.24) is 10.5 Å². The summed E-state index contributed by atoms with van der Waals surface area (Å²) in [6.45, 7) is 1.90. The van der Waals surface area contributed by atoms with Crippen molar-refractivity contribution in [2.24, 2.45) is 0 Å². The molecule has 0 aliphatic rings. The minimum Gasteiger partial charge on any atom is -0.344 e. The monoisotopic (exact) mass is 457 g/mol. The quantitative estimate of drug-likeness (QED) is 0.451. The molecule has 0 radical (unpaired) electrons. The van der Waals surface area contributed by atoms with Gasteiger partial charge in [0.15, 0.2) is 0 Å². The first-order valence-electron chi connectivity index (χ1n) is 6.94. The van der Waals surface area contributed by atoms with E-state index in [4.69, 9.17) is 4.84 Å². The molecule has 0 saturated carbocycles. The number of carbonyl (C=O) groups is 1. The number of benzene rings is 1. The van der Waals surface area contributed by atoms with Crippen LogP contribution < -0.4 is 10.8 Å². The highest BCUT2D eigenvalue weighted by molar-refractivity contribution is 14.1. The summed E-state index contributed by atoms with van der Waals surface area (Å²) in [6, 6.07) is 6.68. The van der Waals surface area contributed by atoms with Gasteiger partial charge in [0.1, 0.15) is 15.6 Å². The summed E-state index contributed by atoms with van der Waals surface area (Å²) in [4.78, 5) is 22.2. The van der Waals surface area contributed by atoms with Crippen LogP contribution >= 0.6 is 33.9 Å². The molecule has 0 aliphatic heterocycles. The van der Waals surface area contributed by atoms with E-state index in [-0.39, 0.29) is 5.82 Å². The van der Waals surface area contributed by atoms with E-state index >= 15 is 0 Å². The van der Waals surface area contributed by atoms with E-state index in [9.17, 15) is 9.18 Å². The molecule has 1 amide bonds. The Morgan fingerprint density at radius 1 is 1.38 bits per heavy atom. The van der Waals surface area contributed by atoms with Crippen LogP contribution in [0.3, 0.4) is 0 Å². The molecule has 3 aromatic rings. The molecule has 0 atom stereocenters. The van der Waals surface area contributed by atoms with Crippen molar-refractivity contribution in [2.45, 2.75) is 6.92 Å². The number of pyridine rings is 1. The van der Waals surface area contributed by atoms with Crippen LogP contribution in [0.1, 0.15) is 15.9 Å². The number of nitrogens with one attached hydrogen (secondary N) is 2. The first-order chi connectivity index (χ1) is 11.5. The topological polar surface area (TPSA) is 63.2 Å². The zero-order valence-corrected chi connectivity index (χ0v) is 15.8. The van der Waals surface area contributed by atoms with Gasteiger partial charge in [-0.25, -0.2) is 14.9 Å². The van der Waals surface area contributed by atoms with Gasteiger partial charge in [-0.15, -0.1) is 0 Å². The number of hydroxylamine groups is 1. The molecule has 0 saturated heterocycles. The second-order valence-electron chi connectivity index (χ2n) is 5.00. The number of aromatic nitrogens is 1. The highest BCUT2D eigenvalue weighted by Crippen LogP contribution is 2.38. The van der Waals surface area contributed by atoms with E-state index in [1.165, 1.54) is 24.5 Å². The Labute approximate surface area is 155 Å². The zero-order valence-electron chi connectivity index (χ0n) is 12.8. The SMILES string of the molecule is CONC(=O)c1c(Nc2ccc(I)cc2F)sc2nccc(C)c12. The molecule has 1 aromatic carbocycles. The van der Waals surface area contributed by atoms with Crippen LogP contribution in [-0.4, -0.2) is 18.0 Å². The smallest absolute Gasteiger partial charge is 0.278 e. The molecule has 0 unspecified atom stereocenters. The molecule has 0 aliphatic carbocycles. The number of aryl methyl sites for hydroxylation is 1. The van der Waals surface area contributed by atoms with Gasteiger partial charge in [-0.3, -0.25) is 9.63 Å². The average Bonchev–Trinajstić information content (AvgIpc) is 2.90. The van der Waals surface area contributed by atoms with Crippen molar-refractivity contribution < 1.29 is 14.0 Å². The third-order valence-corrected chi connectivity index (χ3v) is 5.09. The van der Waals surface area contributed by atoms with Crippen LogP contribution in [0.4, 0.5) is 15.1 Å². The maximum absolute atomic E-state index is 14.1. The Balaban J connectivity index is 2.14. The molecule has 0 bridgehead atoms. The number of halogens is 2. The number of rotatable bonds is 4. The fourth-order valence-electron chi connectivity index (χ4n) is 2.34. The normalized spacial score (nSPS) is 10.8. The Bertz CT molecular complexity index is 929. The molecule has 3 rings (SSSR count). The minimum absolute atomic E-state index is 0.297. The summed E-state index contributed by atoms with van der Waals surface area (Å²) in [7, 11) is 1.36. The number of hydrogen-bond donors (Lipinski definition) is 2. The lowest BCUT2D eigenvalue weighted by Gasteiger charge is -2.09. The number of thiophene rings is 1. The summed E-state index contributed by atoms with van der Waals surface area (Å²) < 4.78 is 14.9. The van der Waals surface area contributed by atoms with Gasteiger partial charge in [0.05, 0.1) is 18.4 Å². The van der Waals surface area contributed by atoms with Gasteiger partial charge < -0.3 is 5.32 Å². The number of anilines is 2. The second kappa shape index (κ2) is 6.99. The average molecular weight is 457 g/mol. The summed E-state index contributed by atoms with van der Waals surface area (Å²) in [6.07, 6.45) is 1.68. The van der Waals surface area contributed by atoms with Gasteiger partial charge in [0.2, 0.25) is 0 Å². The standard InChI is InChI=1S/C16H13FIN3O2S/c1-8-5-6-19-15-12(8)13(14(22)21-23-2)16(24-15)20-11-4-3-9(18)7-10(11)17/h3-7,20H,1-2H3,(H,21,22). The van der Waals surface area contributed by atoms with Crippen molar-refractivity contribution in [3.05, 3.63) is 51.0 Å². The van der Waals surface area contributed by atoms with Gasteiger partial charge >= 0.3 is 0 Å². The van der Waals surface area contributed by atoms with E-state index in [0.717, 1.165) is 14.5 Å². The lowest BCUT2D eigenvalue weighted by molar-refractivity contribution is 0.0540. The van der Waals surface area contributed by atoms with Gasteiger partial charge in [-0.05, 0) is 59.3 Å². The molecule has 0 fully saturated rings. The fourth-order valence-corrected chi connectivity index (χ4v) is 3.92. The van der Waals surface area contributed by atoms with Gasteiger partial charge in [-0.1, -0.05) is 11.3 Å². The molecule has 2 aromatic heterocycles. The third kappa shape index (κ3) is 3.21. The first kappa shape index (κ1) is 17.1. The highest BCUT2D eigenvalue weighted by atomic mass is 127. The van der Waals surface area contributed by atoms with E-state index in [1.807, 2.05) is 35.6 Å². The molecule has 124 valence electrons. The molecular formula is C16H13FIN3O2S. The zero-order chi connectivity index (χ0) is 17.3. The number of nitrogens with zero attached hydrogens (tertiary/aromatic N) is 1. The van der Waals surface area contributed by atoms with Crippen LogP contribution in [0.2, 0.25) is 0 Å². The number of fused-ring (bicyclic) bond motifs is 1. The maximum atomic E-state index is 14.1. The van der Waals surface area contributed by atoms with Crippen molar-refractivity contribution in [2.75, 3.05) is 12.4 Å². The maximum Gasteiger partial charge on any atom is 0.278 e. The van der Waals surface area contributed by atoms with E-state index in [2.05, 4.69) is 15.8 Å². The Hall–Kier alpha value is -1.78. The van der Waals surface area contributed by atoms with Crippen LogP contribution in [-0.2, 0) is 4.84 Å². The fraction of sp³-hybridized carbons (Fsp3) is 0.125. The Kier molecular flexibility index (Phi) is 4.97. The Morgan fingerprint density at radius 2 is 2.17 bits per heavy atom. The van der Waals surface area contributed by atoms with Crippen LogP contribution in [0.5, 0.6) is 0 Å². The number of carbonyl (C=O) groups excluding carboxylic acids is 1. The van der Waals surface area contributed by atoms with Crippen LogP contribution in [0.25, 0.3) is 10.2 Å². The molecule has 2 heterocycles. The van der Waals surface area contributed by atoms with Crippen molar-refractivity contribution in [1.29, 1.82) is 0 Å². The lowest BCUT2D eigenvalue weighted by Crippen LogP contribution is -2.22. The molecular weight excluding hydrogens is 444 g/mol. The van der Waals surface area contributed by atoms with E-state index in [1.54, 1.807) is 18.3 Å². The predicted molar refractivity (Wildman–Crippen MR) is 101 cm³/mol. The summed E-state index contributed by atoms with van der Waals surface area (Å²) >= 11 is 3.33. The largest absolute Gasteiger partial charge is 0.344 e.